The van der Waals surface area contributed by atoms with E-state index in [4.69, 9.17) is 16.3 Å². The molecule has 1 aromatic heterocycles. The first-order chi connectivity index (χ1) is 7.27. The van der Waals surface area contributed by atoms with Crippen LogP contribution in [0, 0.1) is 3.57 Å². The maximum atomic E-state index is 6.11. The molecule has 90 valence electrons. The lowest BCUT2D eigenvalue weighted by Gasteiger charge is -2.21. The minimum absolute atomic E-state index is 0.0503. The highest BCUT2D eigenvalue weighted by molar-refractivity contribution is 14.1. The van der Waals surface area contributed by atoms with E-state index in [2.05, 4.69) is 53.3 Å². The van der Waals surface area contributed by atoms with Crippen molar-refractivity contribution >= 4 is 34.2 Å². The molecule has 5 heteroatoms. The number of rotatable bonds is 2. The lowest BCUT2D eigenvalue weighted by atomic mass is 9.92. The van der Waals surface area contributed by atoms with Gasteiger partial charge in [0.2, 0.25) is 0 Å². The van der Waals surface area contributed by atoms with E-state index in [1.807, 2.05) is 6.92 Å². The van der Waals surface area contributed by atoms with Gasteiger partial charge < -0.3 is 4.74 Å². The van der Waals surface area contributed by atoms with E-state index >= 15 is 0 Å². The van der Waals surface area contributed by atoms with Crippen LogP contribution in [0.5, 0.6) is 0 Å². The molecule has 3 nitrogen and oxygen atoms in total. The minimum atomic E-state index is -0.143. The summed E-state index contributed by atoms with van der Waals surface area (Å²) in [6.45, 7) is 8.23. The summed E-state index contributed by atoms with van der Waals surface area (Å²) in [7, 11) is 1.64. The lowest BCUT2D eigenvalue weighted by Crippen LogP contribution is -2.19. The zero-order chi connectivity index (χ0) is 12.5. The number of methoxy groups -OCH3 is 1. The van der Waals surface area contributed by atoms with E-state index in [0.717, 1.165) is 9.26 Å². The molecule has 0 aliphatic rings. The Hall–Kier alpha value is 0.0600. The predicted octanol–water partition coefficient (Wildman–Crippen LogP) is 3.74. The van der Waals surface area contributed by atoms with E-state index < -0.39 is 0 Å². The van der Waals surface area contributed by atoms with Gasteiger partial charge in [-0.05, 0) is 29.5 Å². The van der Waals surface area contributed by atoms with Crippen LogP contribution >= 0.6 is 34.2 Å². The second-order valence-corrected chi connectivity index (χ2v) is 6.10. The molecule has 16 heavy (non-hydrogen) atoms. The molecule has 0 radical (unpaired) electrons. The molecule has 0 aromatic carbocycles. The van der Waals surface area contributed by atoms with Crippen LogP contribution in [0.4, 0.5) is 0 Å². The molecule has 1 unspecified atom stereocenters. The molecular formula is C11H16ClIN2O. The minimum Gasteiger partial charge on any atom is -0.374 e. The first-order valence-corrected chi connectivity index (χ1v) is 6.49. The van der Waals surface area contributed by atoms with Gasteiger partial charge in [-0.1, -0.05) is 32.4 Å². The number of nitrogens with zero attached hydrogens (tertiary/aromatic N) is 2. The summed E-state index contributed by atoms with van der Waals surface area (Å²) in [6.07, 6.45) is -0.143. The fourth-order valence-corrected chi connectivity index (χ4v) is 2.45. The number of hydrogen-bond donors (Lipinski definition) is 0. The van der Waals surface area contributed by atoms with E-state index in [1.165, 1.54) is 0 Å². The molecule has 0 spiro atoms. The Morgan fingerprint density at radius 1 is 1.31 bits per heavy atom. The Bertz CT molecular complexity index is 390. The average Bonchev–Trinajstić information content (AvgIpc) is 2.18. The van der Waals surface area contributed by atoms with Crippen molar-refractivity contribution in [1.29, 1.82) is 0 Å². The molecule has 1 atom stereocenters. The van der Waals surface area contributed by atoms with E-state index in [1.54, 1.807) is 7.11 Å². The Kier molecular flexibility index (Phi) is 4.54. The molecule has 0 aliphatic heterocycles. The van der Waals surface area contributed by atoms with Crippen molar-refractivity contribution in [2.24, 2.45) is 0 Å². The SMILES string of the molecule is COC(C)c1nc(Cl)c(I)c(C(C)(C)C)n1. The van der Waals surface area contributed by atoms with Crippen LogP contribution in [-0.2, 0) is 10.2 Å². The van der Waals surface area contributed by atoms with Crippen molar-refractivity contribution in [1.82, 2.24) is 9.97 Å². The van der Waals surface area contributed by atoms with Gasteiger partial charge in [0.05, 0.1) is 9.26 Å². The van der Waals surface area contributed by atoms with Gasteiger partial charge >= 0.3 is 0 Å². The molecule has 1 heterocycles. The van der Waals surface area contributed by atoms with Gasteiger partial charge in [0.25, 0.3) is 0 Å². The van der Waals surface area contributed by atoms with Crippen LogP contribution in [0.2, 0.25) is 5.15 Å². The Balaban J connectivity index is 3.33. The van der Waals surface area contributed by atoms with Gasteiger partial charge in [-0.3, -0.25) is 0 Å². The largest absolute Gasteiger partial charge is 0.374 e. The van der Waals surface area contributed by atoms with E-state index in [-0.39, 0.29) is 11.5 Å². The lowest BCUT2D eigenvalue weighted by molar-refractivity contribution is 0.111. The first kappa shape index (κ1) is 14.1. The highest BCUT2D eigenvalue weighted by Crippen LogP contribution is 2.30. The smallest absolute Gasteiger partial charge is 0.158 e. The monoisotopic (exact) mass is 354 g/mol. The second-order valence-electron chi connectivity index (χ2n) is 4.66. The molecule has 0 saturated carbocycles. The topological polar surface area (TPSA) is 35.0 Å². The predicted molar refractivity (Wildman–Crippen MR) is 73.9 cm³/mol. The van der Waals surface area contributed by atoms with Crippen molar-refractivity contribution in [2.45, 2.75) is 39.2 Å². The van der Waals surface area contributed by atoms with Gasteiger partial charge in [-0.15, -0.1) is 0 Å². The molecule has 0 fully saturated rings. The van der Waals surface area contributed by atoms with Crippen molar-refractivity contribution in [3.63, 3.8) is 0 Å². The Morgan fingerprint density at radius 3 is 2.31 bits per heavy atom. The van der Waals surface area contributed by atoms with E-state index in [9.17, 15) is 0 Å². The van der Waals surface area contributed by atoms with E-state index in [0.29, 0.717) is 11.0 Å². The number of ether oxygens (including phenoxy) is 1. The van der Waals surface area contributed by atoms with Crippen molar-refractivity contribution in [2.75, 3.05) is 7.11 Å². The van der Waals surface area contributed by atoms with Crippen molar-refractivity contribution in [3.8, 4) is 0 Å². The van der Waals surface area contributed by atoms with Gasteiger partial charge in [-0.2, -0.15) is 0 Å². The molecule has 0 saturated heterocycles. The maximum Gasteiger partial charge on any atom is 0.158 e. The third-order valence-corrected chi connectivity index (χ3v) is 3.87. The molecule has 0 N–H and O–H groups in total. The summed E-state index contributed by atoms with van der Waals surface area (Å²) in [4.78, 5) is 8.79. The number of halogens is 2. The zero-order valence-electron chi connectivity index (χ0n) is 10.1. The van der Waals surface area contributed by atoms with Gasteiger partial charge in [0.15, 0.2) is 5.82 Å². The molecule has 1 aromatic rings. The normalized spacial score (nSPS) is 13.9. The molecule has 0 amide bonds. The van der Waals surface area contributed by atoms with Gasteiger partial charge in [-0.25, -0.2) is 9.97 Å². The number of aromatic nitrogens is 2. The van der Waals surface area contributed by atoms with Crippen LogP contribution in [0.3, 0.4) is 0 Å². The number of hydrogen-bond acceptors (Lipinski definition) is 3. The molecular weight excluding hydrogens is 338 g/mol. The fraction of sp³-hybridized carbons (Fsp3) is 0.636. The maximum absolute atomic E-state index is 6.11. The molecule has 0 bridgehead atoms. The van der Waals surface area contributed by atoms with Crippen LogP contribution in [0.1, 0.15) is 45.3 Å². The van der Waals surface area contributed by atoms with Crippen LogP contribution in [-0.4, -0.2) is 17.1 Å². The highest BCUT2D eigenvalue weighted by atomic mass is 127. The summed E-state index contributed by atoms with van der Waals surface area (Å²) in [5.74, 6) is 0.637. The third kappa shape index (κ3) is 3.05. The second kappa shape index (κ2) is 5.14. The third-order valence-electron chi connectivity index (χ3n) is 2.26. The quantitative estimate of drug-likeness (QED) is 0.599. The molecule has 1 rings (SSSR count). The van der Waals surface area contributed by atoms with Crippen LogP contribution in [0.15, 0.2) is 0 Å². The standard InChI is InChI=1S/C11H16ClIN2O/c1-6(16-5)10-14-8(11(2,3)4)7(13)9(12)15-10/h6H,1-5H3. The van der Waals surface area contributed by atoms with Crippen molar-refractivity contribution in [3.05, 3.63) is 20.2 Å². The van der Waals surface area contributed by atoms with Gasteiger partial charge in [0, 0.05) is 12.5 Å². The Morgan fingerprint density at radius 2 is 1.88 bits per heavy atom. The summed E-state index contributed by atoms with van der Waals surface area (Å²) in [5, 5.41) is 0.499. The highest BCUT2D eigenvalue weighted by Gasteiger charge is 2.23. The average molecular weight is 355 g/mol. The summed E-state index contributed by atoms with van der Waals surface area (Å²) in [6, 6.07) is 0. The van der Waals surface area contributed by atoms with Crippen molar-refractivity contribution < 1.29 is 4.74 Å². The fourth-order valence-electron chi connectivity index (χ4n) is 1.22. The summed E-state index contributed by atoms with van der Waals surface area (Å²) < 4.78 is 6.13. The van der Waals surface area contributed by atoms with Crippen LogP contribution < -0.4 is 0 Å². The Labute approximate surface area is 115 Å². The zero-order valence-corrected chi connectivity index (χ0v) is 13.0. The summed E-state index contributed by atoms with van der Waals surface area (Å²) in [5.41, 5.74) is 0.915. The first-order valence-electron chi connectivity index (χ1n) is 5.03. The molecule has 0 aliphatic carbocycles. The van der Waals surface area contributed by atoms with Crippen LogP contribution in [0.25, 0.3) is 0 Å². The van der Waals surface area contributed by atoms with Gasteiger partial charge in [0.1, 0.15) is 11.3 Å². The summed E-state index contributed by atoms with van der Waals surface area (Å²) >= 11 is 8.30.